The second kappa shape index (κ2) is 5.72. The molecule has 0 aliphatic heterocycles. The first kappa shape index (κ1) is 13.6. The van der Waals surface area contributed by atoms with Crippen molar-refractivity contribution in [2.45, 2.75) is 12.3 Å². The molecular formula is C9H16N2O3S2. The maximum absolute atomic E-state index is 11.1. The zero-order valence-corrected chi connectivity index (χ0v) is 11.0. The Balaban J connectivity index is 2.58. The summed E-state index contributed by atoms with van der Waals surface area (Å²) in [5, 5.41) is 11.2. The van der Waals surface area contributed by atoms with Crippen LogP contribution in [0.2, 0.25) is 0 Å². The van der Waals surface area contributed by atoms with Crippen LogP contribution in [0.1, 0.15) is 10.7 Å². The molecule has 1 N–H and O–H groups in total. The van der Waals surface area contributed by atoms with Crippen LogP contribution in [0.3, 0.4) is 0 Å². The van der Waals surface area contributed by atoms with E-state index in [-0.39, 0.29) is 12.4 Å². The molecule has 0 saturated heterocycles. The van der Waals surface area contributed by atoms with E-state index in [4.69, 9.17) is 5.11 Å². The van der Waals surface area contributed by atoms with Gasteiger partial charge in [-0.2, -0.15) is 0 Å². The molecule has 1 aromatic heterocycles. The molecule has 0 bridgehead atoms. The molecule has 1 rings (SSSR count). The standard InChI is InChI=1S/C9H16N2O3S2/c1-11(3-4-12)5-8-6-15-9(10-8)7-16(2,13)14/h6,12H,3-5,7H2,1-2H3. The van der Waals surface area contributed by atoms with E-state index in [0.29, 0.717) is 18.1 Å². The van der Waals surface area contributed by atoms with Crippen LogP contribution in [0.25, 0.3) is 0 Å². The Morgan fingerprint density at radius 3 is 2.81 bits per heavy atom. The zero-order valence-electron chi connectivity index (χ0n) is 9.38. The third-order valence-corrected chi connectivity index (χ3v) is 3.78. The summed E-state index contributed by atoms with van der Waals surface area (Å²) in [5.74, 6) is 0.00137. The summed E-state index contributed by atoms with van der Waals surface area (Å²) >= 11 is 1.36. The van der Waals surface area contributed by atoms with Crippen molar-refractivity contribution in [3.8, 4) is 0 Å². The highest BCUT2D eigenvalue weighted by atomic mass is 32.2. The lowest BCUT2D eigenvalue weighted by Crippen LogP contribution is -2.21. The fraction of sp³-hybridized carbons (Fsp3) is 0.667. The second-order valence-electron chi connectivity index (χ2n) is 3.76. The van der Waals surface area contributed by atoms with Crippen molar-refractivity contribution < 1.29 is 13.5 Å². The molecule has 0 radical (unpaired) electrons. The van der Waals surface area contributed by atoms with E-state index in [2.05, 4.69) is 4.98 Å². The third kappa shape index (κ3) is 5.02. The molecule has 7 heteroatoms. The predicted molar refractivity (Wildman–Crippen MR) is 64.1 cm³/mol. The molecular weight excluding hydrogens is 248 g/mol. The SMILES string of the molecule is CN(CCO)Cc1csc(CS(C)(=O)=O)n1. The van der Waals surface area contributed by atoms with E-state index < -0.39 is 9.84 Å². The quantitative estimate of drug-likeness (QED) is 0.790. The number of hydrogen-bond acceptors (Lipinski definition) is 6. The highest BCUT2D eigenvalue weighted by molar-refractivity contribution is 7.90. The number of sulfone groups is 1. The number of thiazole rings is 1. The van der Waals surface area contributed by atoms with Crippen molar-refractivity contribution in [2.24, 2.45) is 0 Å². The lowest BCUT2D eigenvalue weighted by Gasteiger charge is -2.12. The Bertz CT molecular complexity index is 428. The molecule has 0 amide bonds. The summed E-state index contributed by atoms with van der Waals surface area (Å²) in [6.45, 7) is 1.32. The summed E-state index contributed by atoms with van der Waals surface area (Å²) in [6, 6.07) is 0. The molecule has 0 aliphatic carbocycles. The Kier molecular flexibility index (Phi) is 4.85. The number of likely N-dealkylation sites (N-methyl/N-ethyl adjacent to an activating group) is 1. The zero-order chi connectivity index (χ0) is 12.2. The molecule has 0 aromatic carbocycles. The average molecular weight is 264 g/mol. The Labute approximate surface area is 99.7 Å². The van der Waals surface area contributed by atoms with Crippen LogP contribution in [0, 0.1) is 0 Å². The largest absolute Gasteiger partial charge is 0.395 e. The van der Waals surface area contributed by atoms with E-state index in [9.17, 15) is 8.42 Å². The fourth-order valence-electron chi connectivity index (χ4n) is 1.24. The van der Waals surface area contributed by atoms with Crippen molar-refractivity contribution in [3.05, 3.63) is 16.1 Å². The smallest absolute Gasteiger partial charge is 0.153 e. The minimum Gasteiger partial charge on any atom is -0.395 e. The Morgan fingerprint density at radius 1 is 1.56 bits per heavy atom. The molecule has 5 nitrogen and oxygen atoms in total. The van der Waals surface area contributed by atoms with Crippen LogP contribution in [-0.2, 0) is 22.1 Å². The van der Waals surface area contributed by atoms with Gasteiger partial charge in [-0.05, 0) is 7.05 Å². The first-order valence-electron chi connectivity index (χ1n) is 4.81. The summed E-state index contributed by atoms with van der Waals surface area (Å²) in [5.41, 5.74) is 0.847. The molecule has 0 spiro atoms. The molecule has 92 valence electrons. The van der Waals surface area contributed by atoms with Crippen LogP contribution in [0.15, 0.2) is 5.38 Å². The normalized spacial score (nSPS) is 12.2. The van der Waals surface area contributed by atoms with Crippen LogP contribution < -0.4 is 0 Å². The Hall–Kier alpha value is -0.500. The number of rotatable bonds is 6. The van der Waals surface area contributed by atoms with Crippen LogP contribution >= 0.6 is 11.3 Å². The highest BCUT2D eigenvalue weighted by Gasteiger charge is 2.10. The lowest BCUT2D eigenvalue weighted by molar-refractivity contribution is 0.216. The minimum atomic E-state index is -3.01. The molecule has 16 heavy (non-hydrogen) atoms. The molecule has 0 saturated carbocycles. The van der Waals surface area contributed by atoms with Crippen LogP contribution in [0.5, 0.6) is 0 Å². The van der Waals surface area contributed by atoms with Gasteiger partial charge < -0.3 is 5.11 Å². The number of aromatic nitrogens is 1. The van der Waals surface area contributed by atoms with Gasteiger partial charge in [0, 0.05) is 24.7 Å². The van der Waals surface area contributed by atoms with Gasteiger partial charge in [-0.3, -0.25) is 4.90 Å². The molecule has 1 aromatic rings. The predicted octanol–water partition coefficient (Wildman–Crippen LogP) is 0.112. The maximum Gasteiger partial charge on any atom is 0.153 e. The highest BCUT2D eigenvalue weighted by Crippen LogP contribution is 2.13. The van der Waals surface area contributed by atoms with Gasteiger partial charge in [0.05, 0.1) is 12.3 Å². The van der Waals surface area contributed by atoms with Crippen molar-refractivity contribution in [1.82, 2.24) is 9.88 Å². The van der Waals surface area contributed by atoms with Gasteiger partial charge in [-0.1, -0.05) is 0 Å². The van der Waals surface area contributed by atoms with Gasteiger partial charge >= 0.3 is 0 Å². The molecule has 1 heterocycles. The second-order valence-corrected chi connectivity index (χ2v) is 6.85. The van der Waals surface area contributed by atoms with Crippen molar-refractivity contribution >= 4 is 21.2 Å². The first-order chi connectivity index (χ1) is 7.40. The van der Waals surface area contributed by atoms with E-state index in [1.54, 1.807) is 0 Å². The van der Waals surface area contributed by atoms with Crippen molar-refractivity contribution in [3.63, 3.8) is 0 Å². The van der Waals surface area contributed by atoms with Crippen molar-refractivity contribution in [2.75, 3.05) is 26.5 Å². The monoisotopic (exact) mass is 264 g/mol. The van der Waals surface area contributed by atoms with E-state index in [1.807, 2.05) is 17.3 Å². The fourth-order valence-corrected chi connectivity index (χ4v) is 3.24. The topological polar surface area (TPSA) is 70.5 Å². The van der Waals surface area contributed by atoms with Crippen molar-refractivity contribution in [1.29, 1.82) is 0 Å². The van der Waals surface area contributed by atoms with E-state index in [0.717, 1.165) is 5.69 Å². The number of nitrogens with zero attached hydrogens (tertiary/aromatic N) is 2. The summed E-state index contributed by atoms with van der Waals surface area (Å²) in [4.78, 5) is 6.16. The molecule has 0 fully saturated rings. The Morgan fingerprint density at radius 2 is 2.25 bits per heavy atom. The molecule has 0 atom stereocenters. The minimum absolute atomic E-state index is 0.00137. The van der Waals surface area contributed by atoms with Gasteiger partial charge in [0.2, 0.25) is 0 Å². The lowest BCUT2D eigenvalue weighted by atomic mass is 10.4. The number of aliphatic hydroxyl groups is 1. The van der Waals surface area contributed by atoms with Crippen LogP contribution in [0.4, 0.5) is 0 Å². The average Bonchev–Trinajstić information content (AvgIpc) is 2.49. The number of hydrogen-bond donors (Lipinski definition) is 1. The summed E-state index contributed by atoms with van der Waals surface area (Å²) in [6.07, 6.45) is 1.20. The molecule has 0 unspecified atom stereocenters. The van der Waals surface area contributed by atoms with E-state index in [1.165, 1.54) is 17.6 Å². The first-order valence-corrected chi connectivity index (χ1v) is 7.75. The van der Waals surface area contributed by atoms with Gasteiger partial charge in [0.25, 0.3) is 0 Å². The summed E-state index contributed by atoms with van der Waals surface area (Å²) < 4.78 is 22.1. The van der Waals surface area contributed by atoms with Gasteiger partial charge in [-0.25, -0.2) is 13.4 Å². The third-order valence-electron chi connectivity index (χ3n) is 1.90. The van der Waals surface area contributed by atoms with Crippen LogP contribution in [-0.4, -0.2) is 49.9 Å². The van der Waals surface area contributed by atoms with E-state index >= 15 is 0 Å². The summed E-state index contributed by atoms with van der Waals surface area (Å²) in [7, 11) is -1.13. The number of aliphatic hydroxyl groups excluding tert-OH is 1. The molecule has 0 aliphatic rings. The van der Waals surface area contributed by atoms with Gasteiger partial charge in [-0.15, -0.1) is 11.3 Å². The van der Waals surface area contributed by atoms with Gasteiger partial charge in [0.15, 0.2) is 9.84 Å². The van der Waals surface area contributed by atoms with Gasteiger partial charge in [0.1, 0.15) is 10.8 Å². The maximum atomic E-state index is 11.1.